The van der Waals surface area contributed by atoms with Crippen LogP contribution in [0.1, 0.15) is 46.5 Å². The predicted molar refractivity (Wildman–Crippen MR) is 55.9 cm³/mol. The third-order valence-electron chi connectivity index (χ3n) is 1.98. The van der Waals surface area contributed by atoms with E-state index in [1.165, 1.54) is 0 Å². The van der Waals surface area contributed by atoms with Crippen molar-refractivity contribution in [3.05, 3.63) is 0 Å². The number of hydrogen-bond donors (Lipinski definition) is 1. The maximum absolute atomic E-state index is 11.1. The van der Waals surface area contributed by atoms with Crippen molar-refractivity contribution in [2.75, 3.05) is 6.61 Å². The summed E-state index contributed by atoms with van der Waals surface area (Å²) in [7, 11) is 0. The Morgan fingerprint density at radius 1 is 1.36 bits per heavy atom. The van der Waals surface area contributed by atoms with E-state index in [1.807, 2.05) is 6.92 Å². The molecule has 0 aliphatic heterocycles. The van der Waals surface area contributed by atoms with Crippen LogP contribution >= 0.6 is 0 Å². The third kappa shape index (κ3) is 8.05. The molecule has 3 nitrogen and oxygen atoms in total. The van der Waals surface area contributed by atoms with Gasteiger partial charge in [0.05, 0.1) is 19.1 Å². The van der Waals surface area contributed by atoms with E-state index in [1.54, 1.807) is 0 Å². The minimum absolute atomic E-state index is 0.131. The van der Waals surface area contributed by atoms with Crippen LogP contribution in [0.2, 0.25) is 0 Å². The highest BCUT2D eigenvalue weighted by Gasteiger charge is 2.10. The first-order valence-electron chi connectivity index (χ1n) is 5.40. The molecular weight excluding hydrogens is 180 g/mol. The Kier molecular flexibility index (Phi) is 7.48. The summed E-state index contributed by atoms with van der Waals surface area (Å²) >= 11 is 0. The van der Waals surface area contributed by atoms with Gasteiger partial charge in [0.25, 0.3) is 0 Å². The molecule has 0 aliphatic carbocycles. The molecular formula is C11H22O3. The molecule has 1 atom stereocenters. The number of ether oxygens (including phenoxy) is 1. The maximum atomic E-state index is 11.1. The number of aliphatic hydroxyl groups excluding tert-OH is 1. The second-order valence-electron chi connectivity index (χ2n) is 4.05. The van der Waals surface area contributed by atoms with E-state index in [-0.39, 0.29) is 12.4 Å². The minimum Gasteiger partial charge on any atom is -0.466 e. The monoisotopic (exact) mass is 202 g/mol. The Balaban J connectivity index is 3.45. The lowest BCUT2D eigenvalue weighted by Gasteiger charge is -2.09. The molecule has 0 aromatic carbocycles. The summed E-state index contributed by atoms with van der Waals surface area (Å²) in [4.78, 5) is 11.1. The quantitative estimate of drug-likeness (QED) is 0.643. The fraction of sp³-hybridized carbons (Fsp3) is 0.909. The first-order valence-corrected chi connectivity index (χ1v) is 5.40. The summed E-state index contributed by atoms with van der Waals surface area (Å²) in [5.41, 5.74) is 0. The van der Waals surface area contributed by atoms with Crippen LogP contribution in [0.5, 0.6) is 0 Å². The topological polar surface area (TPSA) is 46.5 Å². The minimum atomic E-state index is -0.536. The Labute approximate surface area is 86.5 Å². The average molecular weight is 202 g/mol. The molecule has 0 heterocycles. The van der Waals surface area contributed by atoms with E-state index in [4.69, 9.17) is 4.74 Å². The fourth-order valence-electron chi connectivity index (χ4n) is 1.10. The second kappa shape index (κ2) is 7.80. The summed E-state index contributed by atoms with van der Waals surface area (Å²) in [5, 5.41) is 9.33. The summed E-state index contributed by atoms with van der Waals surface area (Å²) in [5.74, 6) is 0.259. The number of aliphatic hydroxyl groups is 1. The SMILES string of the molecule is CCCC(O)CC(=O)OCCC(C)C. The molecule has 0 spiro atoms. The van der Waals surface area contributed by atoms with Gasteiger partial charge in [0.1, 0.15) is 0 Å². The lowest BCUT2D eigenvalue weighted by atomic mass is 10.1. The molecule has 3 heteroatoms. The molecule has 0 aromatic heterocycles. The number of esters is 1. The summed E-state index contributed by atoms with van der Waals surface area (Å²) < 4.78 is 4.97. The van der Waals surface area contributed by atoms with Gasteiger partial charge < -0.3 is 9.84 Å². The lowest BCUT2D eigenvalue weighted by molar-refractivity contribution is -0.146. The Bertz CT molecular complexity index is 155. The van der Waals surface area contributed by atoms with Crippen molar-refractivity contribution in [1.82, 2.24) is 0 Å². The van der Waals surface area contributed by atoms with Gasteiger partial charge >= 0.3 is 5.97 Å². The van der Waals surface area contributed by atoms with Crippen molar-refractivity contribution >= 4 is 5.97 Å². The molecule has 0 aliphatic rings. The van der Waals surface area contributed by atoms with Crippen molar-refractivity contribution in [2.24, 2.45) is 5.92 Å². The Morgan fingerprint density at radius 3 is 2.50 bits per heavy atom. The molecule has 0 saturated carbocycles. The van der Waals surface area contributed by atoms with Crippen molar-refractivity contribution < 1.29 is 14.6 Å². The summed E-state index contributed by atoms with van der Waals surface area (Å²) in [6.45, 7) is 6.61. The molecule has 0 amide bonds. The van der Waals surface area contributed by atoms with Crippen LogP contribution in [0.15, 0.2) is 0 Å². The largest absolute Gasteiger partial charge is 0.466 e. The molecule has 0 aromatic rings. The van der Waals surface area contributed by atoms with E-state index >= 15 is 0 Å². The molecule has 0 fully saturated rings. The van der Waals surface area contributed by atoms with Gasteiger partial charge in [-0.15, -0.1) is 0 Å². The van der Waals surface area contributed by atoms with E-state index in [0.29, 0.717) is 18.9 Å². The smallest absolute Gasteiger partial charge is 0.308 e. The van der Waals surface area contributed by atoms with Crippen LogP contribution in [0.25, 0.3) is 0 Å². The normalized spacial score (nSPS) is 12.9. The van der Waals surface area contributed by atoms with Crippen LogP contribution in [0.4, 0.5) is 0 Å². The van der Waals surface area contributed by atoms with Gasteiger partial charge in [0.15, 0.2) is 0 Å². The van der Waals surface area contributed by atoms with Crippen molar-refractivity contribution in [2.45, 2.75) is 52.6 Å². The van der Waals surface area contributed by atoms with Gasteiger partial charge in [-0.2, -0.15) is 0 Å². The number of rotatable bonds is 7. The Hall–Kier alpha value is -0.570. The van der Waals surface area contributed by atoms with Crippen molar-refractivity contribution in [1.29, 1.82) is 0 Å². The molecule has 84 valence electrons. The van der Waals surface area contributed by atoms with Gasteiger partial charge in [-0.25, -0.2) is 0 Å². The number of carbonyl (C=O) groups excluding carboxylic acids is 1. The van der Waals surface area contributed by atoms with E-state index in [9.17, 15) is 9.90 Å². The zero-order valence-corrected chi connectivity index (χ0v) is 9.45. The van der Waals surface area contributed by atoms with E-state index in [2.05, 4.69) is 13.8 Å². The summed E-state index contributed by atoms with van der Waals surface area (Å²) in [6, 6.07) is 0. The van der Waals surface area contributed by atoms with Gasteiger partial charge in [-0.3, -0.25) is 4.79 Å². The van der Waals surface area contributed by atoms with Gasteiger partial charge in [0, 0.05) is 0 Å². The average Bonchev–Trinajstić information content (AvgIpc) is 2.03. The molecule has 0 bridgehead atoms. The van der Waals surface area contributed by atoms with Crippen LogP contribution in [-0.2, 0) is 9.53 Å². The van der Waals surface area contributed by atoms with Crippen LogP contribution in [-0.4, -0.2) is 23.8 Å². The molecule has 1 N–H and O–H groups in total. The first kappa shape index (κ1) is 13.4. The highest BCUT2D eigenvalue weighted by Crippen LogP contribution is 2.04. The first-order chi connectivity index (χ1) is 6.56. The van der Waals surface area contributed by atoms with E-state index < -0.39 is 6.10 Å². The van der Waals surface area contributed by atoms with Crippen molar-refractivity contribution in [3.63, 3.8) is 0 Å². The standard InChI is InChI=1S/C11H22O3/c1-4-5-10(12)8-11(13)14-7-6-9(2)3/h9-10,12H,4-8H2,1-3H3. The molecule has 1 unspecified atom stereocenters. The third-order valence-corrected chi connectivity index (χ3v) is 1.98. The number of carbonyl (C=O) groups is 1. The van der Waals surface area contributed by atoms with Gasteiger partial charge in [-0.05, 0) is 18.8 Å². The molecule has 0 rings (SSSR count). The van der Waals surface area contributed by atoms with Crippen LogP contribution < -0.4 is 0 Å². The highest BCUT2D eigenvalue weighted by atomic mass is 16.5. The predicted octanol–water partition coefficient (Wildman–Crippen LogP) is 2.13. The maximum Gasteiger partial charge on any atom is 0.308 e. The molecule has 14 heavy (non-hydrogen) atoms. The van der Waals surface area contributed by atoms with Crippen LogP contribution in [0.3, 0.4) is 0 Å². The molecule has 0 radical (unpaired) electrons. The lowest BCUT2D eigenvalue weighted by Crippen LogP contribution is -2.16. The number of hydrogen-bond acceptors (Lipinski definition) is 3. The summed E-state index contributed by atoms with van der Waals surface area (Å²) in [6.07, 6.45) is 2.04. The van der Waals surface area contributed by atoms with Crippen LogP contribution in [0, 0.1) is 5.92 Å². The van der Waals surface area contributed by atoms with Gasteiger partial charge in [0.2, 0.25) is 0 Å². The van der Waals surface area contributed by atoms with Gasteiger partial charge in [-0.1, -0.05) is 27.2 Å². The van der Waals surface area contributed by atoms with Crippen molar-refractivity contribution in [3.8, 4) is 0 Å². The second-order valence-corrected chi connectivity index (χ2v) is 4.05. The Morgan fingerprint density at radius 2 is 2.00 bits per heavy atom. The highest BCUT2D eigenvalue weighted by molar-refractivity contribution is 5.69. The van der Waals surface area contributed by atoms with E-state index in [0.717, 1.165) is 12.8 Å². The zero-order valence-electron chi connectivity index (χ0n) is 9.45. The zero-order chi connectivity index (χ0) is 11.0. The fourth-order valence-corrected chi connectivity index (χ4v) is 1.10. The molecule has 0 saturated heterocycles.